The summed E-state index contributed by atoms with van der Waals surface area (Å²) in [5.74, 6) is -0.917. The average molecular weight is 284 g/mol. The molecule has 1 aromatic heterocycles. The van der Waals surface area contributed by atoms with E-state index in [2.05, 4.69) is 10.2 Å². The number of carbonyl (C=O) groups is 2. The third-order valence-electron chi connectivity index (χ3n) is 2.67. The van der Waals surface area contributed by atoms with Crippen LogP contribution in [-0.4, -0.2) is 60.4 Å². The fourth-order valence-corrected chi connectivity index (χ4v) is 1.57. The molecular weight excluding hydrogens is 264 g/mol. The van der Waals surface area contributed by atoms with Gasteiger partial charge in [0.15, 0.2) is 5.69 Å². The van der Waals surface area contributed by atoms with Crippen molar-refractivity contribution in [3.63, 3.8) is 0 Å². The van der Waals surface area contributed by atoms with E-state index in [1.807, 2.05) is 0 Å². The van der Waals surface area contributed by atoms with Gasteiger partial charge in [-0.3, -0.25) is 14.7 Å². The zero-order valence-corrected chi connectivity index (χ0v) is 11.9. The van der Waals surface area contributed by atoms with Crippen LogP contribution in [0.1, 0.15) is 23.1 Å². The number of hydrogen-bond donors (Lipinski definition) is 2. The number of nitrogens with one attached hydrogen (secondary N) is 1. The molecule has 0 fully saturated rings. The van der Waals surface area contributed by atoms with Crippen molar-refractivity contribution >= 4 is 17.6 Å². The van der Waals surface area contributed by atoms with Gasteiger partial charge in [-0.2, -0.15) is 5.10 Å². The lowest BCUT2D eigenvalue weighted by Crippen LogP contribution is -2.39. The number of nitrogen functional groups attached to an aromatic ring is 1. The van der Waals surface area contributed by atoms with E-state index in [4.69, 9.17) is 15.2 Å². The highest BCUT2D eigenvalue weighted by Crippen LogP contribution is 2.14. The zero-order valence-electron chi connectivity index (χ0n) is 11.9. The highest BCUT2D eigenvalue weighted by molar-refractivity contribution is 5.99. The zero-order chi connectivity index (χ0) is 15.1. The van der Waals surface area contributed by atoms with Crippen molar-refractivity contribution in [3.05, 3.63) is 11.4 Å². The first-order valence-corrected chi connectivity index (χ1v) is 6.25. The minimum Gasteiger partial charge on any atom is -0.465 e. The molecule has 112 valence electrons. The van der Waals surface area contributed by atoms with Crippen LogP contribution < -0.4 is 5.73 Å². The first-order chi connectivity index (χ1) is 9.51. The van der Waals surface area contributed by atoms with Gasteiger partial charge >= 0.3 is 5.97 Å². The molecule has 3 N–H and O–H groups in total. The SMILES string of the molecule is CCOC(=O)CN(CCOC)C(=O)c1n[nH]c(C)c1N. The fourth-order valence-electron chi connectivity index (χ4n) is 1.57. The number of carbonyl (C=O) groups excluding carboxylic acids is 2. The number of anilines is 1. The van der Waals surface area contributed by atoms with Crippen LogP contribution in [0.4, 0.5) is 5.69 Å². The summed E-state index contributed by atoms with van der Waals surface area (Å²) in [6.07, 6.45) is 0. The number of H-pyrrole nitrogens is 1. The number of aryl methyl sites for hydroxylation is 1. The summed E-state index contributed by atoms with van der Waals surface area (Å²) in [6.45, 7) is 4.06. The molecule has 0 radical (unpaired) electrons. The van der Waals surface area contributed by atoms with Crippen molar-refractivity contribution in [2.45, 2.75) is 13.8 Å². The maximum Gasteiger partial charge on any atom is 0.325 e. The summed E-state index contributed by atoms with van der Waals surface area (Å²) >= 11 is 0. The van der Waals surface area contributed by atoms with Crippen molar-refractivity contribution in [3.8, 4) is 0 Å². The molecule has 1 rings (SSSR count). The fraction of sp³-hybridized carbons (Fsp3) is 0.583. The number of nitrogens with two attached hydrogens (primary N) is 1. The lowest BCUT2D eigenvalue weighted by molar-refractivity contribution is -0.143. The Balaban J connectivity index is 2.83. The van der Waals surface area contributed by atoms with Gasteiger partial charge in [0.05, 0.1) is 24.6 Å². The molecule has 0 saturated heterocycles. The van der Waals surface area contributed by atoms with Crippen molar-refractivity contribution in [2.75, 3.05) is 39.1 Å². The number of nitrogens with zero attached hydrogens (tertiary/aromatic N) is 2. The largest absolute Gasteiger partial charge is 0.465 e. The van der Waals surface area contributed by atoms with Crippen LogP contribution in [-0.2, 0) is 14.3 Å². The Bertz CT molecular complexity index is 472. The standard InChI is InChI=1S/C12H20N4O4/c1-4-20-9(17)7-16(5-6-19-3)12(18)11-10(13)8(2)14-15-11/h4-7,13H2,1-3H3,(H,14,15). The predicted molar refractivity (Wildman–Crippen MR) is 72.1 cm³/mol. The Morgan fingerprint density at radius 2 is 2.15 bits per heavy atom. The maximum atomic E-state index is 12.3. The van der Waals surface area contributed by atoms with Gasteiger partial charge in [0, 0.05) is 13.7 Å². The molecule has 0 aromatic carbocycles. The van der Waals surface area contributed by atoms with Gasteiger partial charge in [-0.1, -0.05) is 0 Å². The number of hydrogen-bond acceptors (Lipinski definition) is 6. The molecule has 1 aromatic rings. The Hall–Kier alpha value is -2.09. The number of methoxy groups -OCH3 is 1. The van der Waals surface area contributed by atoms with Crippen molar-refractivity contribution in [2.24, 2.45) is 0 Å². The van der Waals surface area contributed by atoms with Crippen LogP contribution >= 0.6 is 0 Å². The van der Waals surface area contributed by atoms with E-state index in [-0.39, 0.29) is 31.1 Å². The van der Waals surface area contributed by atoms with Gasteiger partial charge in [-0.15, -0.1) is 0 Å². The third kappa shape index (κ3) is 3.95. The molecule has 0 aliphatic heterocycles. The van der Waals surface area contributed by atoms with Crippen LogP contribution in [0.5, 0.6) is 0 Å². The molecule has 0 unspecified atom stereocenters. The number of esters is 1. The Morgan fingerprint density at radius 3 is 2.65 bits per heavy atom. The molecule has 8 nitrogen and oxygen atoms in total. The number of amides is 1. The molecule has 1 amide bonds. The first-order valence-electron chi connectivity index (χ1n) is 6.25. The van der Waals surface area contributed by atoms with Crippen LogP contribution in [0.2, 0.25) is 0 Å². The second-order valence-corrected chi connectivity index (χ2v) is 4.14. The van der Waals surface area contributed by atoms with Gasteiger partial charge < -0.3 is 20.1 Å². The van der Waals surface area contributed by atoms with Gasteiger partial charge in [0.1, 0.15) is 6.54 Å². The van der Waals surface area contributed by atoms with Crippen LogP contribution in [0.3, 0.4) is 0 Å². The number of aromatic amines is 1. The second-order valence-electron chi connectivity index (χ2n) is 4.14. The van der Waals surface area contributed by atoms with E-state index in [0.29, 0.717) is 12.3 Å². The van der Waals surface area contributed by atoms with Crippen LogP contribution in [0.25, 0.3) is 0 Å². The topological polar surface area (TPSA) is 111 Å². The summed E-state index contributed by atoms with van der Waals surface area (Å²) in [6, 6.07) is 0. The summed E-state index contributed by atoms with van der Waals surface area (Å²) in [4.78, 5) is 25.1. The molecule has 0 aliphatic rings. The molecule has 0 aliphatic carbocycles. The lowest BCUT2D eigenvalue weighted by Gasteiger charge is -2.20. The number of ether oxygens (including phenoxy) is 2. The highest BCUT2D eigenvalue weighted by atomic mass is 16.5. The normalized spacial score (nSPS) is 10.3. The van der Waals surface area contributed by atoms with Crippen molar-refractivity contribution < 1.29 is 19.1 Å². The second kappa shape index (κ2) is 7.49. The molecule has 8 heteroatoms. The Labute approximate surface area is 117 Å². The molecule has 20 heavy (non-hydrogen) atoms. The smallest absolute Gasteiger partial charge is 0.325 e. The van der Waals surface area contributed by atoms with E-state index in [1.54, 1.807) is 13.8 Å². The Morgan fingerprint density at radius 1 is 1.45 bits per heavy atom. The summed E-state index contributed by atoms with van der Waals surface area (Å²) in [5, 5.41) is 6.50. The Kier molecular flexibility index (Phi) is 5.98. The quantitative estimate of drug-likeness (QED) is 0.679. The third-order valence-corrected chi connectivity index (χ3v) is 2.67. The van der Waals surface area contributed by atoms with E-state index >= 15 is 0 Å². The van der Waals surface area contributed by atoms with Crippen LogP contribution in [0, 0.1) is 6.92 Å². The van der Waals surface area contributed by atoms with E-state index in [0.717, 1.165) is 0 Å². The number of aromatic nitrogens is 2. The summed E-state index contributed by atoms with van der Waals surface area (Å²) < 4.78 is 9.77. The number of rotatable bonds is 7. The van der Waals surface area contributed by atoms with Crippen LogP contribution in [0.15, 0.2) is 0 Å². The van der Waals surface area contributed by atoms with Gasteiger partial charge in [-0.05, 0) is 13.8 Å². The molecule has 0 bridgehead atoms. The minimum atomic E-state index is -0.484. The average Bonchev–Trinajstić information content (AvgIpc) is 2.74. The van der Waals surface area contributed by atoms with E-state index in [1.165, 1.54) is 12.0 Å². The predicted octanol–water partition coefficient (Wildman–Crippen LogP) is -0.0480. The molecule has 1 heterocycles. The molecule has 0 saturated carbocycles. The molecular formula is C12H20N4O4. The first kappa shape index (κ1) is 16.0. The molecule has 0 atom stereocenters. The van der Waals surface area contributed by atoms with Crippen molar-refractivity contribution in [1.29, 1.82) is 0 Å². The van der Waals surface area contributed by atoms with E-state index < -0.39 is 11.9 Å². The summed E-state index contributed by atoms with van der Waals surface area (Å²) in [5.41, 5.74) is 6.76. The van der Waals surface area contributed by atoms with Gasteiger partial charge in [-0.25, -0.2) is 0 Å². The van der Waals surface area contributed by atoms with Gasteiger partial charge in [0.2, 0.25) is 0 Å². The maximum absolute atomic E-state index is 12.3. The highest BCUT2D eigenvalue weighted by Gasteiger charge is 2.24. The van der Waals surface area contributed by atoms with E-state index in [9.17, 15) is 9.59 Å². The monoisotopic (exact) mass is 284 g/mol. The minimum absolute atomic E-state index is 0.0999. The lowest BCUT2D eigenvalue weighted by atomic mass is 10.2. The van der Waals surface area contributed by atoms with Gasteiger partial charge in [0.25, 0.3) is 5.91 Å². The summed E-state index contributed by atoms with van der Waals surface area (Å²) in [7, 11) is 1.51. The molecule has 0 spiro atoms. The van der Waals surface area contributed by atoms with Crippen molar-refractivity contribution in [1.82, 2.24) is 15.1 Å².